The molecule has 16 heavy (non-hydrogen) atoms. The van der Waals surface area contributed by atoms with E-state index >= 15 is 0 Å². The molecule has 0 aliphatic heterocycles. The molecule has 3 heteroatoms. The Morgan fingerprint density at radius 1 is 0.812 bits per heavy atom. The second-order valence-corrected chi connectivity index (χ2v) is 3.49. The van der Waals surface area contributed by atoms with Crippen LogP contribution in [0.15, 0.2) is 48.5 Å². The molecule has 1 nitrogen and oxygen atoms in total. The predicted octanol–water partition coefficient (Wildman–Crippen LogP) is 3.73. The zero-order valence-electron chi connectivity index (χ0n) is 8.82. The van der Waals surface area contributed by atoms with Crippen molar-refractivity contribution in [2.45, 2.75) is 0 Å². The summed E-state index contributed by atoms with van der Waals surface area (Å²) in [6, 6.07) is 13.4. The van der Waals surface area contributed by atoms with Gasteiger partial charge in [0, 0.05) is 24.5 Å². The molecule has 0 saturated carbocycles. The fraction of sp³-hybridized carbons (Fsp3) is 0.0769. The van der Waals surface area contributed by atoms with Crippen LogP contribution in [0.5, 0.6) is 0 Å². The SMILES string of the molecule is CN(c1ccccc1)c1ccc(F)c(F)c1. The third-order valence-electron chi connectivity index (χ3n) is 2.43. The molecule has 0 spiro atoms. The minimum Gasteiger partial charge on any atom is -0.345 e. The van der Waals surface area contributed by atoms with Crippen molar-refractivity contribution >= 4 is 11.4 Å². The van der Waals surface area contributed by atoms with Gasteiger partial charge in [-0.3, -0.25) is 0 Å². The Hall–Kier alpha value is -1.90. The number of para-hydroxylation sites is 1. The first kappa shape index (κ1) is 10.6. The van der Waals surface area contributed by atoms with Crippen molar-refractivity contribution in [2.75, 3.05) is 11.9 Å². The van der Waals surface area contributed by atoms with Crippen molar-refractivity contribution in [1.82, 2.24) is 0 Å². The Kier molecular flexibility index (Phi) is 2.86. The second-order valence-electron chi connectivity index (χ2n) is 3.49. The third kappa shape index (κ3) is 2.03. The highest BCUT2D eigenvalue weighted by Gasteiger charge is 2.07. The van der Waals surface area contributed by atoms with Gasteiger partial charge in [0.2, 0.25) is 0 Å². The van der Waals surface area contributed by atoms with E-state index in [4.69, 9.17) is 0 Å². The first-order chi connectivity index (χ1) is 7.68. The van der Waals surface area contributed by atoms with Crippen molar-refractivity contribution in [2.24, 2.45) is 0 Å². The molecule has 82 valence electrons. The van der Waals surface area contributed by atoms with Crippen molar-refractivity contribution in [3.8, 4) is 0 Å². The molecule has 0 amide bonds. The summed E-state index contributed by atoms with van der Waals surface area (Å²) in [5.74, 6) is -1.66. The molecule has 0 atom stereocenters. The molecule has 0 fully saturated rings. The van der Waals surface area contributed by atoms with E-state index in [9.17, 15) is 8.78 Å². The van der Waals surface area contributed by atoms with E-state index in [0.29, 0.717) is 5.69 Å². The maximum absolute atomic E-state index is 13.1. The van der Waals surface area contributed by atoms with Crippen LogP contribution in [0.25, 0.3) is 0 Å². The average molecular weight is 219 g/mol. The number of halogens is 2. The number of nitrogens with zero attached hydrogens (tertiary/aromatic N) is 1. The normalized spacial score (nSPS) is 10.2. The fourth-order valence-corrected chi connectivity index (χ4v) is 1.49. The van der Waals surface area contributed by atoms with Crippen LogP contribution in [0.2, 0.25) is 0 Å². The lowest BCUT2D eigenvalue weighted by atomic mass is 10.2. The molecule has 0 aliphatic rings. The maximum Gasteiger partial charge on any atom is 0.160 e. The van der Waals surface area contributed by atoms with Crippen LogP contribution in [-0.2, 0) is 0 Å². The summed E-state index contributed by atoms with van der Waals surface area (Å²) in [5, 5.41) is 0. The van der Waals surface area contributed by atoms with E-state index in [2.05, 4.69) is 0 Å². The lowest BCUT2D eigenvalue weighted by molar-refractivity contribution is 0.509. The van der Waals surface area contributed by atoms with E-state index in [1.165, 1.54) is 6.07 Å². The number of rotatable bonds is 2. The molecular formula is C13H11F2N. The Morgan fingerprint density at radius 3 is 2.12 bits per heavy atom. The molecule has 0 aromatic heterocycles. The van der Waals surface area contributed by atoms with E-state index in [1.54, 1.807) is 11.0 Å². The van der Waals surface area contributed by atoms with Gasteiger partial charge < -0.3 is 4.90 Å². The molecule has 2 rings (SSSR count). The summed E-state index contributed by atoms with van der Waals surface area (Å²) in [5.41, 5.74) is 1.54. The first-order valence-electron chi connectivity index (χ1n) is 4.92. The van der Waals surface area contributed by atoms with Crippen LogP contribution in [0.4, 0.5) is 20.2 Å². The van der Waals surface area contributed by atoms with Gasteiger partial charge in [0.25, 0.3) is 0 Å². The summed E-state index contributed by atoms with van der Waals surface area (Å²) in [7, 11) is 1.81. The Balaban J connectivity index is 2.34. The molecule has 2 aromatic carbocycles. The molecule has 2 aromatic rings. The number of benzene rings is 2. The molecule has 0 heterocycles. The molecule has 0 saturated heterocycles. The highest BCUT2D eigenvalue weighted by atomic mass is 19.2. The number of hydrogen-bond acceptors (Lipinski definition) is 1. The summed E-state index contributed by atoms with van der Waals surface area (Å²) in [4.78, 5) is 1.79. The van der Waals surface area contributed by atoms with Crippen molar-refractivity contribution < 1.29 is 8.78 Å². The maximum atomic E-state index is 13.1. The molecule has 0 bridgehead atoms. The van der Waals surface area contributed by atoms with Gasteiger partial charge in [-0.25, -0.2) is 8.78 Å². The van der Waals surface area contributed by atoms with Crippen LogP contribution in [0.1, 0.15) is 0 Å². The molecule has 0 unspecified atom stereocenters. The van der Waals surface area contributed by atoms with Crippen LogP contribution in [0, 0.1) is 11.6 Å². The third-order valence-corrected chi connectivity index (χ3v) is 2.43. The lowest BCUT2D eigenvalue weighted by Gasteiger charge is -2.19. The largest absolute Gasteiger partial charge is 0.345 e. The van der Waals surface area contributed by atoms with Gasteiger partial charge in [0.05, 0.1) is 0 Å². The molecule has 0 N–H and O–H groups in total. The van der Waals surface area contributed by atoms with Crippen molar-refractivity contribution in [1.29, 1.82) is 0 Å². The topological polar surface area (TPSA) is 3.24 Å². The van der Waals surface area contributed by atoms with E-state index in [0.717, 1.165) is 11.8 Å². The van der Waals surface area contributed by atoms with Crippen molar-refractivity contribution in [3.63, 3.8) is 0 Å². The minimum atomic E-state index is -0.833. The minimum absolute atomic E-state index is 0.616. The highest BCUT2D eigenvalue weighted by Crippen LogP contribution is 2.24. The van der Waals surface area contributed by atoms with Crippen LogP contribution in [0.3, 0.4) is 0 Å². The first-order valence-corrected chi connectivity index (χ1v) is 4.92. The van der Waals surface area contributed by atoms with E-state index in [-0.39, 0.29) is 0 Å². The summed E-state index contributed by atoms with van der Waals surface area (Å²) in [6.07, 6.45) is 0. The summed E-state index contributed by atoms with van der Waals surface area (Å²) < 4.78 is 25.8. The summed E-state index contributed by atoms with van der Waals surface area (Å²) >= 11 is 0. The van der Waals surface area contributed by atoms with Gasteiger partial charge in [0.15, 0.2) is 11.6 Å². The van der Waals surface area contributed by atoms with Crippen LogP contribution < -0.4 is 4.90 Å². The van der Waals surface area contributed by atoms with Crippen molar-refractivity contribution in [3.05, 3.63) is 60.2 Å². The van der Waals surface area contributed by atoms with Gasteiger partial charge in [-0.1, -0.05) is 18.2 Å². The van der Waals surface area contributed by atoms with Crippen LogP contribution in [-0.4, -0.2) is 7.05 Å². The number of hydrogen-bond donors (Lipinski definition) is 0. The Bertz CT molecular complexity index is 483. The van der Waals surface area contributed by atoms with Crippen LogP contribution >= 0.6 is 0 Å². The second kappa shape index (κ2) is 4.31. The van der Waals surface area contributed by atoms with Gasteiger partial charge in [-0.05, 0) is 24.3 Å². The van der Waals surface area contributed by atoms with E-state index < -0.39 is 11.6 Å². The lowest BCUT2D eigenvalue weighted by Crippen LogP contribution is -2.09. The zero-order valence-corrected chi connectivity index (χ0v) is 8.82. The molecule has 0 radical (unpaired) electrons. The Labute approximate surface area is 92.9 Å². The van der Waals surface area contributed by atoms with Gasteiger partial charge in [0.1, 0.15) is 0 Å². The van der Waals surface area contributed by atoms with Gasteiger partial charge >= 0.3 is 0 Å². The smallest absolute Gasteiger partial charge is 0.160 e. The summed E-state index contributed by atoms with van der Waals surface area (Å²) in [6.45, 7) is 0. The zero-order chi connectivity index (χ0) is 11.5. The average Bonchev–Trinajstić information content (AvgIpc) is 2.33. The Morgan fingerprint density at radius 2 is 1.50 bits per heavy atom. The quantitative estimate of drug-likeness (QED) is 0.743. The fourth-order valence-electron chi connectivity index (χ4n) is 1.49. The highest BCUT2D eigenvalue weighted by molar-refractivity contribution is 5.62. The number of anilines is 2. The standard InChI is InChI=1S/C13H11F2N/c1-16(10-5-3-2-4-6-10)11-7-8-12(14)13(15)9-11/h2-9H,1H3. The molecule has 0 aliphatic carbocycles. The van der Waals surface area contributed by atoms with E-state index in [1.807, 2.05) is 37.4 Å². The molecular weight excluding hydrogens is 208 g/mol. The monoisotopic (exact) mass is 219 g/mol. The predicted molar refractivity (Wildman–Crippen MR) is 60.9 cm³/mol. The van der Waals surface area contributed by atoms with Gasteiger partial charge in [-0.15, -0.1) is 0 Å². The van der Waals surface area contributed by atoms with Gasteiger partial charge in [-0.2, -0.15) is 0 Å².